The number of aldehydes is 1. The van der Waals surface area contributed by atoms with E-state index in [-0.39, 0.29) is 0 Å². The number of hydrogen-bond acceptors (Lipinski definition) is 2. The molecule has 0 amide bonds. The van der Waals surface area contributed by atoms with Gasteiger partial charge in [0, 0.05) is 0 Å². The predicted octanol–water partition coefficient (Wildman–Crippen LogP) is 2.26. The van der Waals surface area contributed by atoms with Crippen molar-refractivity contribution in [3.63, 3.8) is 0 Å². The second-order valence-corrected chi connectivity index (χ2v) is 3.19. The molecule has 1 unspecified atom stereocenters. The number of carbonyl (C=O) groups excluding carboxylic acids is 1. The van der Waals surface area contributed by atoms with Gasteiger partial charge in [-0.15, -0.1) is 0 Å². The molecule has 0 bridgehead atoms. The highest BCUT2D eigenvalue weighted by Crippen LogP contribution is 2.27. The first-order chi connectivity index (χ1) is 6.38. The first-order valence-electron chi connectivity index (χ1n) is 4.82. The molecule has 1 heterocycles. The van der Waals surface area contributed by atoms with E-state index >= 15 is 0 Å². The Morgan fingerprint density at radius 2 is 2.15 bits per heavy atom. The summed E-state index contributed by atoms with van der Waals surface area (Å²) in [5, 5.41) is 0. The van der Waals surface area contributed by atoms with Crippen LogP contribution in [0.2, 0.25) is 0 Å². The average Bonchev–Trinajstić information content (AvgIpc) is 2.88. The van der Waals surface area contributed by atoms with Crippen molar-refractivity contribution in [3.8, 4) is 0 Å². The minimum absolute atomic E-state index is 0.294. The molecule has 13 heavy (non-hydrogen) atoms. The van der Waals surface area contributed by atoms with Crippen LogP contribution in [0.1, 0.15) is 26.2 Å². The summed E-state index contributed by atoms with van der Waals surface area (Å²) in [6.45, 7) is 2.18. The number of rotatable bonds is 6. The van der Waals surface area contributed by atoms with Gasteiger partial charge < -0.3 is 4.74 Å². The fourth-order valence-corrected chi connectivity index (χ4v) is 1.25. The molecular weight excluding hydrogens is 164 g/mol. The van der Waals surface area contributed by atoms with E-state index in [0.29, 0.717) is 12.2 Å². The Hall–Kier alpha value is -0.890. The quantitative estimate of drug-likeness (QED) is 0.271. The molecule has 72 valence electrons. The third-order valence-corrected chi connectivity index (χ3v) is 2.07. The lowest BCUT2D eigenvalue weighted by Crippen LogP contribution is -1.89. The number of unbranched alkanes of at least 4 members (excludes halogenated alkanes) is 1. The Bertz CT molecular complexity index is 206. The van der Waals surface area contributed by atoms with Crippen LogP contribution in [0, 0.1) is 0 Å². The highest BCUT2D eigenvalue weighted by Gasteiger charge is 2.34. The zero-order chi connectivity index (χ0) is 9.52. The number of carbonyl (C=O) groups is 1. The summed E-state index contributed by atoms with van der Waals surface area (Å²) in [7, 11) is 0. The topological polar surface area (TPSA) is 29.6 Å². The first-order valence-corrected chi connectivity index (χ1v) is 4.82. The van der Waals surface area contributed by atoms with Gasteiger partial charge in [0.2, 0.25) is 0 Å². The number of epoxide rings is 1. The molecule has 2 heteroatoms. The molecule has 0 aromatic rings. The van der Waals surface area contributed by atoms with Crippen LogP contribution in [-0.4, -0.2) is 18.5 Å². The maximum Gasteiger partial charge on any atom is 0.142 e. The van der Waals surface area contributed by atoms with Gasteiger partial charge in [-0.1, -0.05) is 38.0 Å². The SMILES string of the molecule is CCCCC1O[C@H]1C=C/C=C/C=O. The fourth-order valence-electron chi connectivity index (χ4n) is 1.25. The van der Waals surface area contributed by atoms with Gasteiger partial charge in [-0.05, 0) is 12.5 Å². The highest BCUT2D eigenvalue weighted by molar-refractivity contribution is 5.65. The van der Waals surface area contributed by atoms with Gasteiger partial charge in [0.15, 0.2) is 0 Å². The van der Waals surface area contributed by atoms with Crippen molar-refractivity contribution in [3.05, 3.63) is 24.3 Å². The van der Waals surface area contributed by atoms with E-state index in [1.54, 1.807) is 6.08 Å². The maximum absolute atomic E-state index is 9.92. The van der Waals surface area contributed by atoms with Crippen LogP contribution in [0.4, 0.5) is 0 Å². The number of ether oxygens (including phenoxy) is 1. The zero-order valence-electron chi connectivity index (χ0n) is 7.98. The van der Waals surface area contributed by atoms with Crippen molar-refractivity contribution in [1.29, 1.82) is 0 Å². The molecule has 0 radical (unpaired) electrons. The monoisotopic (exact) mass is 180 g/mol. The van der Waals surface area contributed by atoms with Crippen LogP contribution in [-0.2, 0) is 9.53 Å². The molecule has 2 nitrogen and oxygen atoms in total. The minimum atomic E-state index is 0.294. The summed E-state index contributed by atoms with van der Waals surface area (Å²) in [4.78, 5) is 9.92. The van der Waals surface area contributed by atoms with E-state index in [0.717, 1.165) is 12.7 Å². The molecule has 0 aliphatic carbocycles. The summed E-state index contributed by atoms with van der Waals surface area (Å²) in [5.74, 6) is 0. The van der Waals surface area contributed by atoms with Gasteiger partial charge in [-0.2, -0.15) is 0 Å². The lowest BCUT2D eigenvalue weighted by Gasteiger charge is -1.88. The molecule has 0 aromatic carbocycles. The van der Waals surface area contributed by atoms with E-state index in [1.807, 2.05) is 12.2 Å². The highest BCUT2D eigenvalue weighted by atomic mass is 16.6. The van der Waals surface area contributed by atoms with Crippen LogP contribution in [0.25, 0.3) is 0 Å². The molecule has 2 atom stereocenters. The van der Waals surface area contributed by atoms with Crippen LogP contribution in [0.5, 0.6) is 0 Å². The summed E-state index contributed by atoms with van der Waals surface area (Å²) in [5.41, 5.74) is 0. The molecular formula is C11H16O2. The van der Waals surface area contributed by atoms with Crippen LogP contribution in [0.3, 0.4) is 0 Å². The average molecular weight is 180 g/mol. The summed E-state index contributed by atoms with van der Waals surface area (Å²) in [6.07, 6.45) is 12.2. The van der Waals surface area contributed by atoms with Gasteiger partial charge >= 0.3 is 0 Å². The van der Waals surface area contributed by atoms with Crippen LogP contribution >= 0.6 is 0 Å². The predicted molar refractivity (Wildman–Crippen MR) is 52.5 cm³/mol. The third-order valence-electron chi connectivity index (χ3n) is 2.07. The van der Waals surface area contributed by atoms with Gasteiger partial charge in [0.25, 0.3) is 0 Å². The van der Waals surface area contributed by atoms with Crippen molar-refractivity contribution in [2.45, 2.75) is 38.4 Å². The lowest BCUT2D eigenvalue weighted by molar-refractivity contribution is -0.104. The summed E-state index contributed by atoms with van der Waals surface area (Å²) in [6, 6.07) is 0. The smallest absolute Gasteiger partial charge is 0.142 e. The minimum Gasteiger partial charge on any atom is -0.365 e. The molecule has 0 N–H and O–H groups in total. The molecule has 1 rings (SSSR count). The Kier molecular flexibility index (Phi) is 4.47. The van der Waals surface area contributed by atoms with E-state index < -0.39 is 0 Å². The third kappa shape index (κ3) is 4.04. The van der Waals surface area contributed by atoms with E-state index in [4.69, 9.17) is 4.74 Å². The largest absolute Gasteiger partial charge is 0.365 e. The normalized spacial score (nSPS) is 27.2. The Morgan fingerprint density at radius 1 is 1.31 bits per heavy atom. The van der Waals surface area contributed by atoms with Crippen molar-refractivity contribution in [1.82, 2.24) is 0 Å². The van der Waals surface area contributed by atoms with Crippen molar-refractivity contribution in [2.24, 2.45) is 0 Å². The van der Waals surface area contributed by atoms with Gasteiger partial charge in [0.1, 0.15) is 12.4 Å². The molecule has 0 aromatic heterocycles. The van der Waals surface area contributed by atoms with Crippen molar-refractivity contribution >= 4 is 6.29 Å². The van der Waals surface area contributed by atoms with Crippen LogP contribution in [0.15, 0.2) is 24.3 Å². The Balaban J connectivity index is 2.09. The second-order valence-electron chi connectivity index (χ2n) is 3.19. The molecule has 1 fully saturated rings. The number of hydrogen-bond donors (Lipinski definition) is 0. The van der Waals surface area contributed by atoms with Crippen LogP contribution < -0.4 is 0 Å². The first kappa shape index (κ1) is 10.2. The molecule has 0 saturated carbocycles. The van der Waals surface area contributed by atoms with Crippen molar-refractivity contribution < 1.29 is 9.53 Å². The Labute approximate surface area is 79.3 Å². The maximum atomic E-state index is 9.92. The zero-order valence-corrected chi connectivity index (χ0v) is 7.98. The molecule has 1 aliphatic rings. The molecule has 1 saturated heterocycles. The summed E-state index contributed by atoms with van der Waals surface area (Å²) < 4.78 is 5.39. The fraction of sp³-hybridized carbons (Fsp3) is 0.545. The van der Waals surface area contributed by atoms with E-state index in [9.17, 15) is 4.79 Å². The van der Waals surface area contributed by atoms with Gasteiger partial charge in [-0.3, -0.25) is 4.79 Å². The van der Waals surface area contributed by atoms with Gasteiger partial charge in [0.05, 0.1) is 6.10 Å². The standard InChI is InChI=1S/C11H16O2/c1-2-3-7-10-11(13-10)8-5-4-6-9-12/h4-6,8-11H,2-3,7H2,1H3/b6-4+,8-5?/t10?,11-/m0/s1. The van der Waals surface area contributed by atoms with Gasteiger partial charge in [-0.25, -0.2) is 0 Å². The molecule has 1 aliphatic heterocycles. The molecule has 0 spiro atoms. The summed E-state index contributed by atoms with van der Waals surface area (Å²) >= 11 is 0. The van der Waals surface area contributed by atoms with E-state index in [1.165, 1.54) is 18.9 Å². The second kappa shape index (κ2) is 5.70. The lowest BCUT2D eigenvalue weighted by atomic mass is 10.1. The van der Waals surface area contributed by atoms with E-state index in [2.05, 4.69) is 6.92 Å². The Morgan fingerprint density at radius 3 is 2.85 bits per heavy atom. The number of allylic oxidation sites excluding steroid dienone is 3. The van der Waals surface area contributed by atoms with Crippen molar-refractivity contribution in [2.75, 3.05) is 0 Å².